The highest BCUT2D eigenvalue weighted by Crippen LogP contribution is 2.18. The summed E-state index contributed by atoms with van der Waals surface area (Å²) in [6, 6.07) is 7.18. The SMILES string of the molecule is COc1ccc(CC(=O)Nc2ccc(F)c(F)c2)cc1F. The van der Waals surface area contributed by atoms with Crippen LogP contribution in [-0.4, -0.2) is 13.0 Å². The lowest BCUT2D eigenvalue weighted by Crippen LogP contribution is -2.14. The summed E-state index contributed by atoms with van der Waals surface area (Å²) in [7, 11) is 1.34. The summed E-state index contributed by atoms with van der Waals surface area (Å²) >= 11 is 0. The van der Waals surface area contributed by atoms with Crippen molar-refractivity contribution in [1.29, 1.82) is 0 Å². The van der Waals surface area contributed by atoms with E-state index in [1.54, 1.807) is 6.07 Å². The smallest absolute Gasteiger partial charge is 0.228 e. The monoisotopic (exact) mass is 295 g/mol. The van der Waals surface area contributed by atoms with Gasteiger partial charge in [0.1, 0.15) is 0 Å². The zero-order valence-electron chi connectivity index (χ0n) is 11.1. The summed E-state index contributed by atoms with van der Waals surface area (Å²) in [5.41, 5.74) is 0.571. The van der Waals surface area contributed by atoms with Crippen molar-refractivity contribution < 1.29 is 22.7 Å². The van der Waals surface area contributed by atoms with Gasteiger partial charge in [0, 0.05) is 11.8 Å². The predicted octanol–water partition coefficient (Wildman–Crippen LogP) is 3.29. The van der Waals surface area contributed by atoms with Gasteiger partial charge in [0.2, 0.25) is 5.91 Å². The first-order valence-electron chi connectivity index (χ1n) is 6.07. The first-order chi connectivity index (χ1) is 9.99. The van der Waals surface area contributed by atoms with Gasteiger partial charge in [0.05, 0.1) is 13.5 Å². The second-order valence-corrected chi connectivity index (χ2v) is 4.32. The first kappa shape index (κ1) is 14.9. The summed E-state index contributed by atoms with van der Waals surface area (Å²) in [4.78, 5) is 11.8. The second-order valence-electron chi connectivity index (χ2n) is 4.32. The zero-order chi connectivity index (χ0) is 15.4. The van der Waals surface area contributed by atoms with Gasteiger partial charge >= 0.3 is 0 Å². The normalized spacial score (nSPS) is 10.3. The van der Waals surface area contributed by atoms with Crippen LogP contribution in [0.3, 0.4) is 0 Å². The third-order valence-corrected chi connectivity index (χ3v) is 2.78. The first-order valence-corrected chi connectivity index (χ1v) is 6.07. The molecule has 1 N–H and O–H groups in total. The molecule has 0 unspecified atom stereocenters. The predicted molar refractivity (Wildman–Crippen MR) is 71.6 cm³/mol. The molecular weight excluding hydrogens is 283 g/mol. The number of hydrogen-bond acceptors (Lipinski definition) is 2. The number of hydrogen-bond donors (Lipinski definition) is 1. The molecular formula is C15H12F3NO2. The third-order valence-electron chi connectivity index (χ3n) is 2.78. The number of carbonyl (C=O) groups is 1. The molecule has 0 aliphatic heterocycles. The molecule has 21 heavy (non-hydrogen) atoms. The van der Waals surface area contributed by atoms with Gasteiger partial charge in [-0.1, -0.05) is 6.07 Å². The Kier molecular flexibility index (Phi) is 4.47. The Morgan fingerprint density at radius 2 is 1.81 bits per heavy atom. The van der Waals surface area contributed by atoms with Crippen LogP contribution >= 0.6 is 0 Å². The minimum atomic E-state index is -1.05. The number of carbonyl (C=O) groups excluding carboxylic acids is 1. The van der Waals surface area contributed by atoms with Crippen molar-refractivity contribution in [2.45, 2.75) is 6.42 Å². The third kappa shape index (κ3) is 3.75. The molecule has 3 nitrogen and oxygen atoms in total. The highest BCUT2D eigenvalue weighted by Gasteiger charge is 2.09. The molecule has 1 amide bonds. The Morgan fingerprint density at radius 3 is 2.43 bits per heavy atom. The van der Waals surface area contributed by atoms with Crippen molar-refractivity contribution in [3.63, 3.8) is 0 Å². The standard InChI is InChI=1S/C15H12F3NO2/c1-21-14-5-2-9(6-13(14)18)7-15(20)19-10-3-4-11(16)12(17)8-10/h2-6,8H,7H2,1H3,(H,19,20). The number of anilines is 1. The van der Waals surface area contributed by atoms with E-state index in [-0.39, 0.29) is 17.9 Å². The van der Waals surface area contributed by atoms with Gasteiger partial charge in [-0.2, -0.15) is 0 Å². The van der Waals surface area contributed by atoms with Crippen LogP contribution in [0.15, 0.2) is 36.4 Å². The molecule has 0 saturated heterocycles. The van der Waals surface area contributed by atoms with Gasteiger partial charge < -0.3 is 10.1 Å². The molecule has 6 heteroatoms. The Morgan fingerprint density at radius 1 is 1.05 bits per heavy atom. The summed E-state index contributed by atoms with van der Waals surface area (Å²) in [6.45, 7) is 0. The minimum absolute atomic E-state index is 0.0831. The van der Waals surface area contributed by atoms with Gasteiger partial charge in [-0.05, 0) is 29.8 Å². The number of rotatable bonds is 4. The maximum atomic E-state index is 13.5. The van der Waals surface area contributed by atoms with Gasteiger partial charge in [-0.15, -0.1) is 0 Å². The fourth-order valence-corrected chi connectivity index (χ4v) is 1.78. The minimum Gasteiger partial charge on any atom is -0.494 e. The molecule has 110 valence electrons. The van der Waals surface area contributed by atoms with E-state index in [4.69, 9.17) is 4.74 Å². The molecule has 2 aromatic rings. The largest absolute Gasteiger partial charge is 0.494 e. The van der Waals surface area contributed by atoms with Gasteiger partial charge in [-0.3, -0.25) is 4.79 Å². The Balaban J connectivity index is 2.04. The fraction of sp³-hybridized carbons (Fsp3) is 0.133. The van der Waals surface area contributed by atoms with Crippen molar-refractivity contribution >= 4 is 11.6 Å². The average Bonchev–Trinajstić information content (AvgIpc) is 2.43. The highest BCUT2D eigenvalue weighted by atomic mass is 19.2. The Hall–Kier alpha value is -2.50. The molecule has 0 spiro atoms. The Bertz CT molecular complexity index is 674. The zero-order valence-corrected chi connectivity index (χ0v) is 11.1. The maximum absolute atomic E-state index is 13.5. The summed E-state index contributed by atoms with van der Waals surface area (Å²) < 4.78 is 44.0. The molecule has 0 aliphatic carbocycles. The van der Waals surface area contributed by atoms with Crippen LogP contribution in [0.2, 0.25) is 0 Å². The molecule has 0 heterocycles. The van der Waals surface area contributed by atoms with Crippen molar-refractivity contribution in [2.75, 3.05) is 12.4 Å². The molecule has 0 saturated carbocycles. The quantitative estimate of drug-likeness (QED) is 0.940. The Labute approximate surface area is 119 Å². The summed E-state index contributed by atoms with van der Waals surface area (Å²) in [5, 5.41) is 2.41. The van der Waals surface area contributed by atoms with E-state index in [2.05, 4.69) is 5.32 Å². The lowest BCUT2D eigenvalue weighted by Gasteiger charge is -2.07. The molecule has 0 aliphatic rings. The lowest BCUT2D eigenvalue weighted by atomic mass is 10.1. The highest BCUT2D eigenvalue weighted by molar-refractivity contribution is 5.92. The molecule has 0 aromatic heterocycles. The fourth-order valence-electron chi connectivity index (χ4n) is 1.78. The summed E-state index contributed by atoms with van der Waals surface area (Å²) in [6.07, 6.45) is -0.0973. The molecule has 0 atom stereocenters. The number of ether oxygens (including phenoxy) is 1. The van der Waals surface area contributed by atoms with E-state index >= 15 is 0 Å². The van der Waals surface area contributed by atoms with Gasteiger partial charge in [0.25, 0.3) is 0 Å². The van der Waals surface area contributed by atoms with Crippen molar-refractivity contribution in [1.82, 2.24) is 0 Å². The number of methoxy groups -OCH3 is 1. The van der Waals surface area contributed by atoms with E-state index in [9.17, 15) is 18.0 Å². The van der Waals surface area contributed by atoms with E-state index in [0.29, 0.717) is 5.56 Å². The lowest BCUT2D eigenvalue weighted by molar-refractivity contribution is -0.115. The number of benzene rings is 2. The van der Waals surface area contributed by atoms with E-state index < -0.39 is 23.4 Å². The van der Waals surface area contributed by atoms with E-state index in [1.807, 2.05) is 0 Å². The number of nitrogens with one attached hydrogen (secondary N) is 1. The second kappa shape index (κ2) is 6.30. The van der Waals surface area contributed by atoms with Crippen LogP contribution in [0.25, 0.3) is 0 Å². The van der Waals surface area contributed by atoms with Crippen LogP contribution in [0.1, 0.15) is 5.56 Å². The number of halogens is 3. The number of amides is 1. The molecule has 2 rings (SSSR count). The molecule has 0 bridgehead atoms. The molecule has 2 aromatic carbocycles. The van der Waals surface area contributed by atoms with Crippen LogP contribution in [-0.2, 0) is 11.2 Å². The van der Waals surface area contributed by atoms with Crippen molar-refractivity contribution in [2.24, 2.45) is 0 Å². The van der Waals surface area contributed by atoms with Crippen LogP contribution in [0.4, 0.5) is 18.9 Å². The van der Waals surface area contributed by atoms with Gasteiger partial charge in [-0.25, -0.2) is 13.2 Å². The molecule has 0 radical (unpaired) electrons. The summed E-state index contributed by atoms with van der Waals surface area (Å²) in [5.74, 6) is -3.01. The maximum Gasteiger partial charge on any atom is 0.228 e. The van der Waals surface area contributed by atoms with Gasteiger partial charge in [0.15, 0.2) is 23.2 Å². The van der Waals surface area contributed by atoms with Crippen LogP contribution in [0, 0.1) is 17.5 Å². The van der Waals surface area contributed by atoms with Crippen molar-refractivity contribution in [3.8, 4) is 5.75 Å². The van der Waals surface area contributed by atoms with Crippen molar-refractivity contribution in [3.05, 3.63) is 59.4 Å². The van der Waals surface area contributed by atoms with Crippen LogP contribution < -0.4 is 10.1 Å². The topological polar surface area (TPSA) is 38.3 Å². The average molecular weight is 295 g/mol. The molecule has 0 fully saturated rings. The van der Waals surface area contributed by atoms with Crippen LogP contribution in [0.5, 0.6) is 5.75 Å². The van der Waals surface area contributed by atoms with E-state index in [0.717, 1.165) is 12.1 Å². The van der Waals surface area contributed by atoms with E-state index in [1.165, 1.54) is 25.3 Å².